The van der Waals surface area contributed by atoms with E-state index < -0.39 is 9.84 Å². The fourth-order valence-electron chi connectivity index (χ4n) is 0.935. The molecule has 0 aromatic rings. The molecule has 0 fully saturated rings. The molecule has 2 nitrogen and oxygen atoms in total. The van der Waals surface area contributed by atoms with Gasteiger partial charge in [0.05, 0.1) is 11.0 Å². The molecule has 0 amide bonds. The van der Waals surface area contributed by atoms with Gasteiger partial charge in [-0.2, -0.15) is 0 Å². The number of rotatable bonds is 6. The van der Waals surface area contributed by atoms with Crippen LogP contribution in [0.4, 0.5) is 0 Å². The Bertz CT molecular complexity index is 195. The molecule has 3 heteroatoms. The maximum absolute atomic E-state index is 11.4. The van der Waals surface area contributed by atoms with Crippen molar-refractivity contribution in [1.82, 2.24) is 0 Å². The number of hydrogen-bond donors (Lipinski definition) is 0. The van der Waals surface area contributed by atoms with E-state index in [0.29, 0.717) is 12.2 Å². The number of hydrogen-bond acceptors (Lipinski definition) is 2. The van der Waals surface area contributed by atoms with Gasteiger partial charge in [-0.25, -0.2) is 8.42 Å². The Hall–Kier alpha value is -0.0500. The largest absolute Gasteiger partial charge is 0.229 e. The first kappa shape index (κ1) is 11.9. The standard InChI is InChI=1S/C9H19O2S/c1-4-6-7-8-12(10,11)9(3)5-2/h9H,1,4-8H2,2-3H3. The van der Waals surface area contributed by atoms with E-state index in [9.17, 15) is 8.42 Å². The topological polar surface area (TPSA) is 34.1 Å². The molecule has 1 unspecified atom stereocenters. The molecule has 1 radical (unpaired) electrons. The van der Waals surface area contributed by atoms with Crippen molar-refractivity contribution in [1.29, 1.82) is 0 Å². The van der Waals surface area contributed by atoms with E-state index in [0.717, 1.165) is 19.3 Å². The van der Waals surface area contributed by atoms with Gasteiger partial charge < -0.3 is 0 Å². The van der Waals surface area contributed by atoms with Gasteiger partial charge in [0.2, 0.25) is 0 Å². The van der Waals surface area contributed by atoms with Gasteiger partial charge >= 0.3 is 0 Å². The lowest BCUT2D eigenvalue weighted by molar-refractivity contribution is 0.577. The maximum Gasteiger partial charge on any atom is 0.152 e. The lowest BCUT2D eigenvalue weighted by Gasteiger charge is -2.09. The van der Waals surface area contributed by atoms with Crippen molar-refractivity contribution in [2.75, 3.05) is 5.75 Å². The highest BCUT2D eigenvalue weighted by molar-refractivity contribution is 7.91. The van der Waals surface area contributed by atoms with E-state index >= 15 is 0 Å². The summed E-state index contributed by atoms with van der Waals surface area (Å²) < 4.78 is 22.8. The van der Waals surface area contributed by atoms with Gasteiger partial charge in [-0.3, -0.25) is 0 Å². The zero-order valence-electron chi connectivity index (χ0n) is 8.04. The average Bonchev–Trinajstić information content (AvgIpc) is 2.03. The molecule has 0 bridgehead atoms. The van der Waals surface area contributed by atoms with Gasteiger partial charge in [0.1, 0.15) is 0 Å². The monoisotopic (exact) mass is 191 g/mol. The molecule has 0 aromatic carbocycles. The molecule has 0 aromatic heterocycles. The average molecular weight is 191 g/mol. The summed E-state index contributed by atoms with van der Waals surface area (Å²) in [7, 11) is -2.81. The normalized spacial score (nSPS) is 14.6. The van der Waals surface area contributed by atoms with Crippen LogP contribution in [0.1, 0.15) is 39.5 Å². The third kappa shape index (κ3) is 4.10. The van der Waals surface area contributed by atoms with Crippen LogP contribution < -0.4 is 0 Å². The van der Waals surface area contributed by atoms with Crippen LogP contribution in [0.2, 0.25) is 0 Å². The van der Waals surface area contributed by atoms with E-state index in [-0.39, 0.29) is 5.25 Å². The summed E-state index contributed by atoms with van der Waals surface area (Å²) in [6, 6.07) is 0. The Morgan fingerprint density at radius 1 is 1.33 bits per heavy atom. The third-order valence-electron chi connectivity index (χ3n) is 2.12. The SMILES string of the molecule is [CH2]CCCCS(=O)(=O)C(C)CC. The Labute approximate surface area is 76.3 Å². The van der Waals surface area contributed by atoms with Crippen LogP contribution in [0.15, 0.2) is 0 Å². The van der Waals surface area contributed by atoms with Gasteiger partial charge in [-0.15, -0.1) is 0 Å². The molecule has 0 heterocycles. The third-order valence-corrected chi connectivity index (χ3v) is 4.53. The van der Waals surface area contributed by atoms with E-state index in [1.807, 2.05) is 6.92 Å². The second kappa shape index (κ2) is 5.57. The van der Waals surface area contributed by atoms with Crippen LogP contribution in [0.25, 0.3) is 0 Å². The van der Waals surface area contributed by atoms with Crippen molar-refractivity contribution >= 4 is 9.84 Å². The summed E-state index contributed by atoms with van der Waals surface area (Å²) in [5.41, 5.74) is 0. The second-order valence-corrected chi connectivity index (χ2v) is 5.69. The van der Waals surface area contributed by atoms with Crippen LogP contribution in [0.5, 0.6) is 0 Å². The smallest absolute Gasteiger partial charge is 0.152 e. The van der Waals surface area contributed by atoms with Crippen LogP contribution in [-0.4, -0.2) is 19.4 Å². The Balaban J connectivity index is 3.88. The minimum Gasteiger partial charge on any atom is -0.229 e. The van der Waals surface area contributed by atoms with Crippen molar-refractivity contribution in [2.24, 2.45) is 0 Å². The molecule has 0 N–H and O–H groups in total. The van der Waals surface area contributed by atoms with Gasteiger partial charge in [0.15, 0.2) is 9.84 Å². The molecule has 0 saturated heterocycles. The van der Waals surface area contributed by atoms with Gasteiger partial charge in [0, 0.05) is 0 Å². The summed E-state index contributed by atoms with van der Waals surface area (Å²) in [6.45, 7) is 7.36. The Kier molecular flexibility index (Phi) is 5.55. The molecule has 12 heavy (non-hydrogen) atoms. The van der Waals surface area contributed by atoms with Crippen molar-refractivity contribution in [3.05, 3.63) is 6.92 Å². The highest BCUT2D eigenvalue weighted by Crippen LogP contribution is 2.08. The molecular weight excluding hydrogens is 172 g/mol. The molecule has 0 aliphatic rings. The van der Waals surface area contributed by atoms with Gasteiger partial charge in [0.25, 0.3) is 0 Å². The second-order valence-electron chi connectivity index (χ2n) is 3.15. The van der Waals surface area contributed by atoms with Crippen LogP contribution in [0, 0.1) is 6.92 Å². The van der Waals surface area contributed by atoms with Crippen LogP contribution in [-0.2, 0) is 9.84 Å². The van der Waals surface area contributed by atoms with Crippen molar-refractivity contribution in [2.45, 2.75) is 44.8 Å². The molecular formula is C9H19O2S. The lowest BCUT2D eigenvalue weighted by Crippen LogP contribution is -2.20. The predicted octanol–water partition coefficient (Wildman–Crippen LogP) is 2.20. The van der Waals surface area contributed by atoms with Gasteiger partial charge in [-0.05, 0) is 19.8 Å². The van der Waals surface area contributed by atoms with Crippen LogP contribution in [0.3, 0.4) is 0 Å². The minimum absolute atomic E-state index is 0.178. The molecule has 73 valence electrons. The van der Waals surface area contributed by atoms with E-state index in [4.69, 9.17) is 0 Å². The fraction of sp³-hybridized carbons (Fsp3) is 0.889. The number of unbranched alkanes of at least 4 members (excludes halogenated alkanes) is 2. The first-order chi connectivity index (χ1) is 5.54. The summed E-state index contributed by atoms with van der Waals surface area (Å²) >= 11 is 0. The van der Waals surface area contributed by atoms with E-state index in [1.54, 1.807) is 6.92 Å². The van der Waals surface area contributed by atoms with Crippen molar-refractivity contribution < 1.29 is 8.42 Å². The summed E-state index contributed by atoms with van der Waals surface area (Å²) in [6.07, 6.45) is 3.22. The fourth-order valence-corrected chi connectivity index (χ4v) is 2.45. The van der Waals surface area contributed by atoms with Gasteiger partial charge in [-0.1, -0.05) is 26.7 Å². The van der Waals surface area contributed by atoms with Crippen molar-refractivity contribution in [3.63, 3.8) is 0 Å². The maximum atomic E-state index is 11.4. The molecule has 0 aliphatic heterocycles. The Morgan fingerprint density at radius 3 is 2.33 bits per heavy atom. The lowest BCUT2D eigenvalue weighted by atomic mass is 10.3. The molecule has 0 aliphatic carbocycles. The summed E-state index contributed by atoms with van der Waals surface area (Å²) in [4.78, 5) is 0. The highest BCUT2D eigenvalue weighted by Gasteiger charge is 2.17. The highest BCUT2D eigenvalue weighted by atomic mass is 32.2. The molecule has 0 rings (SSSR count). The summed E-state index contributed by atoms with van der Waals surface area (Å²) in [5.74, 6) is 0.331. The quantitative estimate of drug-likeness (QED) is 0.603. The number of sulfone groups is 1. The molecule has 0 saturated carbocycles. The first-order valence-corrected chi connectivity index (χ1v) is 6.27. The van der Waals surface area contributed by atoms with E-state index in [1.165, 1.54) is 0 Å². The van der Waals surface area contributed by atoms with Crippen molar-refractivity contribution in [3.8, 4) is 0 Å². The van der Waals surface area contributed by atoms with Crippen LogP contribution >= 0.6 is 0 Å². The predicted molar refractivity (Wildman–Crippen MR) is 52.7 cm³/mol. The zero-order chi connectivity index (χ0) is 9.61. The van der Waals surface area contributed by atoms with E-state index in [2.05, 4.69) is 6.92 Å². The minimum atomic E-state index is -2.81. The molecule has 1 atom stereocenters. The first-order valence-electron chi connectivity index (χ1n) is 4.55. The molecule has 0 spiro atoms. The summed E-state index contributed by atoms with van der Waals surface area (Å²) in [5, 5.41) is -0.178. The Morgan fingerprint density at radius 2 is 1.92 bits per heavy atom. The zero-order valence-corrected chi connectivity index (χ0v) is 8.86.